The van der Waals surface area contributed by atoms with Crippen molar-refractivity contribution in [1.29, 1.82) is 0 Å². The van der Waals surface area contributed by atoms with Crippen LogP contribution in [0.15, 0.2) is 54.7 Å². The zero-order valence-electron chi connectivity index (χ0n) is 15.3. The second-order valence-electron chi connectivity index (χ2n) is 6.48. The number of aryl methyl sites for hydroxylation is 1. The molecule has 2 heterocycles. The number of aliphatic hydroxyl groups is 1. The Labute approximate surface area is 168 Å². The van der Waals surface area contributed by atoms with E-state index in [0.717, 1.165) is 16.8 Å². The van der Waals surface area contributed by atoms with Gasteiger partial charge in [0.05, 0.1) is 16.8 Å². The molecule has 0 bridgehead atoms. The van der Waals surface area contributed by atoms with Gasteiger partial charge in [-0.05, 0) is 48.7 Å². The Balaban J connectivity index is 1.75. The zero-order chi connectivity index (χ0) is 19.9. The van der Waals surface area contributed by atoms with Crippen molar-refractivity contribution in [3.05, 3.63) is 76.8 Å². The SMILES string of the molecule is NCC(O)CCc1cc(-c2cccc(NCc3cccc(F)c3)n2)c(Cl)cn1. The topological polar surface area (TPSA) is 84.1 Å². The van der Waals surface area contributed by atoms with E-state index >= 15 is 0 Å². The van der Waals surface area contributed by atoms with Gasteiger partial charge in [-0.25, -0.2) is 9.37 Å². The molecule has 0 radical (unpaired) electrons. The van der Waals surface area contributed by atoms with E-state index in [1.54, 1.807) is 12.3 Å². The van der Waals surface area contributed by atoms with Gasteiger partial charge < -0.3 is 16.2 Å². The van der Waals surface area contributed by atoms with Crippen LogP contribution in [-0.4, -0.2) is 27.7 Å². The molecule has 0 fully saturated rings. The molecule has 4 N–H and O–H groups in total. The van der Waals surface area contributed by atoms with Gasteiger partial charge in [-0.3, -0.25) is 4.98 Å². The summed E-state index contributed by atoms with van der Waals surface area (Å²) in [5.74, 6) is 0.395. The molecule has 0 amide bonds. The summed E-state index contributed by atoms with van der Waals surface area (Å²) < 4.78 is 13.3. The monoisotopic (exact) mass is 400 g/mol. The summed E-state index contributed by atoms with van der Waals surface area (Å²) in [5, 5.41) is 13.3. The molecule has 7 heteroatoms. The average molecular weight is 401 g/mol. The number of aliphatic hydroxyl groups excluding tert-OH is 1. The number of benzene rings is 1. The number of nitrogens with two attached hydrogens (primary N) is 1. The fraction of sp³-hybridized carbons (Fsp3) is 0.238. The molecule has 1 atom stereocenters. The van der Waals surface area contributed by atoms with Crippen molar-refractivity contribution >= 4 is 17.4 Å². The molecular weight excluding hydrogens is 379 g/mol. The first-order valence-electron chi connectivity index (χ1n) is 9.03. The highest BCUT2D eigenvalue weighted by Gasteiger charge is 2.10. The molecule has 2 aromatic heterocycles. The molecule has 0 saturated heterocycles. The molecular formula is C21H22ClFN4O. The molecule has 146 valence electrons. The van der Waals surface area contributed by atoms with Gasteiger partial charge in [0.2, 0.25) is 0 Å². The standard InChI is InChI=1S/C21H22ClFN4O/c22-19-13-25-16(7-8-17(28)11-24)10-18(19)20-5-2-6-21(27-20)26-12-14-3-1-4-15(23)9-14/h1-6,9-10,13,17,28H,7-8,11-12,24H2,(H,26,27). The molecule has 28 heavy (non-hydrogen) atoms. The third-order valence-corrected chi connectivity index (χ3v) is 4.61. The van der Waals surface area contributed by atoms with Gasteiger partial charge >= 0.3 is 0 Å². The minimum Gasteiger partial charge on any atom is -0.392 e. The second-order valence-corrected chi connectivity index (χ2v) is 6.88. The first-order chi connectivity index (χ1) is 13.5. The van der Waals surface area contributed by atoms with Crippen LogP contribution in [0.2, 0.25) is 5.02 Å². The quantitative estimate of drug-likeness (QED) is 0.535. The van der Waals surface area contributed by atoms with Crippen molar-refractivity contribution in [3.63, 3.8) is 0 Å². The van der Waals surface area contributed by atoms with E-state index in [2.05, 4.69) is 15.3 Å². The predicted molar refractivity (Wildman–Crippen MR) is 110 cm³/mol. The van der Waals surface area contributed by atoms with Gasteiger partial charge in [-0.2, -0.15) is 0 Å². The van der Waals surface area contributed by atoms with Crippen LogP contribution in [0.1, 0.15) is 17.7 Å². The summed E-state index contributed by atoms with van der Waals surface area (Å²) in [6.07, 6.45) is 2.18. The van der Waals surface area contributed by atoms with Crippen LogP contribution < -0.4 is 11.1 Å². The highest BCUT2D eigenvalue weighted by atomic mass is 35.5. The molecule has 3 aromatic rings. The van der Waals surface area contributed by atoms with Crippen LogP contribution in [0.3, 0.4) is 0 Å². The molecule has 5 nitrogen and oxygen atoms in total. The molecule has 1 unspecified atom stereocenters. The fourth-order valence-electron chi connectivity index (χ4n) is 2.77. The minimum absolute atomic E-state index is 0.223. The Kier molecular flexibility index (Phi) is 6.92. The summed E-state index contributed by atoms with van der Waals surface area (Å²) in [4.78, 5) is 8.92. The molecule has 0 aliphatic heterocycles. The summed E-state index contributed by atoms with van der Waals surface area (Å²) in [6.45, 7) is 0.682. The van der Waals surface area contributed by atoms with Crippen molar-refractivity contribution in [2.24, 2.45) is 5.73 Å². The first-order valence-corrected chi connectivity index (χ1v) is 9.41. The number of rotatable bonds is 8. The molecule has 0 aliphatic rings. The number of nitrogens with one attached hydrogen (secondary N) is 1. The Morgan fingerprint density at radius 3 is 2.79 bits per heavy atom. The first kappa shape index (κ1) is 20.2. The van der Waals surface area contributed by atoms with Crippen molar-refractivity contribution in [2.45, 2.75) is 25.5 Å². The summed E-state index contributed by atoms with van der Waals surface area (Å²) in [6, 6.07) is 13.9. The van der Waals surface area contributed by atoms with Crippen LogP contribution in [0, 0.1) is 5.82 Å². The Bertz CT molecular complexity index is 938. The number of anilines is 1. The third-order valence-electron chi connectivity index (χ3n) is 4.31. The van der Waals surface area contributed by atoms with Gasteiger partial charge in [-0.15, -0.1) is 0 Å². The number of hydrogen-bond acceptors (Lipinski definition) is 5. The van der Waals surface area contributed by atoms with E-state index in [1.807, 2.05) is 30.3 Å². The van der Waals surface area contributed by atoms with Crippen molar-refractivity contribution in [3.8, 4) is 11.3 Å². The van der Waals surface area contributed by atoms with E-state index in [0.29, 0.717) is 35.9 Å². The lowest BCUT2D eigenvalue weighted by Crippen LogP contribution is -2.20. The Morgan fingerprint density at radius 2 is 2.00 bits per heavy atom. The lowest BCUT2D eigenvalue weighted by Gasteiger charge is -2.11. The van der Waals surface area contributed by atoms with Gasteiger partial charge in [0.15, 0.2) is 0 Å². The summed E-state index contributed by atoms with van der Waals surface area (Å²) >= 11 is 6.33. The van der Waals surface area contributed by atoms with Crippen LogP contribution in [0.4, 0.5) is 10.2 Å². The van der Waals surface area contributed by atoms with Gasteiger partial charge in [0.25, 0.3) is 0 Å². The fourth-order valence-corrected chi connectivity index (χ4v) is 2.97. The maximum Gasteiger partial charge on any atom is 0.126 e. The summed E-state index contributed by atoms with van der Waals surface area (Å²) in [7, 11) is 0. The van der Waals surface area contributed by atoms with E-state index < -0.39 is 6.10 Å². The van der Waals surface area contributed by atoms with E-state index in [9.17, 15) is 9.50 Å². The number of pyridine rings is 2. The predicted octanol–water partition coefficient (Wildman–Crippen LogP) is 3.80. The second kappa shape index (κ2) is 9.59. The minimum atomic E-state index is -0.547. The number of aromatic nitrogens is 2. The van der Waals surface area contributed by atoms with Crippen LogP contribution in [0.25, 0.3) is 11.3 Å². The molecule has 0 aliphatic carbocycles. The largest absolute Gasteiger partial charge is 0.392 e. The van der Waals surface area contributed by atoms with Crippen LogP contribution in [0.5, 0.6) is 0 Å². The molecule has 3 rings (SSSR count). The number of halogens is 2. The molecule has 0 saturated carbocycles. The lowest BCUT2D eigenvalue weighted by molar-refractivity contribution is 0.173. The number of nitrogens with zero attached hydrogens (tertiary/aromatic N) is 2. The maximum absolute atomic E-state index is 13.3. The van der Waals surface area contributed by atoms with E-state index in [-0.39, 0.29) is 12.4 Å². The number of hydrogen-bond donors (Lipinski definition) is 3. The maximum atomic E-state index is 13.3. The van der Waals surface area contributed by atoms with Crippen molar-refractivity contribution < 1.29 is 9.50 Å². The Hall–Kier alpha value is -2.54. The Morgan fingerprint density at radius 1 is 1.18 bits per heavy atom. The highest BCUT2D eigenvalue weighted by Crippen LogP contribution is 2.27. The van der Waals surface area contributed by atoms with Crippen LogP contribution in [-0.2, 0) is 13.0 Å². The van der Waals surface area contributed by atoms with E-state index in [4.69, 9.17) is 17.3 Å². The zero-order valence-corrected chi connectivity index (χ0v) is 16.0. The smallest absolute Gasteiger partial charge is 0.126 e. The lowest BCUT2D eigenvalue weighted by atomic mass is 10.1. The third kappa shape index (κ3) is 5.48. The van der Waals surface area contributed by atoms with E-state index in [1.165, 1.54) is 12.1 Å². The highest BCUT2D eigenvalue weighted by molar-refractivity contribution is 6.33. The normalized spacial score (nSPS) is 12.0. The summed E-state index contributed by atoms with van der Waals surface area (Å²) in [5.41, 5.74) is 8.56. The van der Waals surface area contributed by atoms with Crippen LogP contribution >= 0.6 is 11.6 Å². The molecule has 1 aromatic carbocycles. The molecule has 0 spiro atoms. The van der Waals surface area contributed by atoms with Gasteiger partial charge in [0.1, 0.15) is 11.6 Å². The van der Waals surface area contributed by atoms with Gasteiger partial charge in [-0.1, -0.05) is 29.8 Å². The van der Waals surface area contributed by atoms with Crippen molar-refractivity contribution in [2.75, 3.05) is 11.9 Å². The van der Waals surface area contributed by atoms with Crippen molar-refractivity contribution in [1.82, 2.24) is 9.97 Å². The average Bonchev–Trinajstić information content (AvgIpc) is 2.71. The van der Waals surface area contributed by atoms with Gasteiger partial charge in [0, 0.05) is 30.5 Å².